The highest BCUT2D eigenvalue weighted by atomic mass is 79.9. The van der Waals surface area contributed by atoms with Crippen molar-refractivity contribution in [1.29, 1.82) is 0 Å². The minimum Gasteiger partial charge on any atom is -0.496 e. The average Bonchev–Trinajstić information content (AvgIpc) is 2.82. The van der Waals surface area contributed by atoms with Gasteiger partial charge >= 0.3 is 0 Å². The molecule has 0 fully saturated rings. The second-order valence-electron chi connectivity index (χ2n) is 4.15. The van der Waals surface area contributed by atoms with Gasteiger partial charge in [0.2, 0.25) is 10.0 Å². The molecule has 1 aromatic heterocycles. The van der Waals surface area contributed by atoms with Gasteiger partial charge in [-0.2, -0.15) is 0 Å². The number of sulfonamides is 1. The van der Waals surface area contributed by atoms with Crippen LogP contribution in [0.25, 0.3) is 0 Å². The molecule has 0 bridgehead atoms. The number of benzene rings is 1. The SMILES string of the molecule is COc1ccc(S(=O)(=O)NCc2sccc2C)cc1Br. The Bertz CT molecular complexity index is 710. The van der Waals surface area contributed by atoms with Crippen molar-refractivity contribution in [2.75, 3.05) is 7.11 Å². The molecule has 0 radical (unpaired) electrons. The molecule has 1 N–H and O–H groups in total. The molecule has 1 heterocycles. The summed E-state index contributed by atoms with van der Waals surface area (Å²) in [6.07, 6.45) is 0. The summed E-state index contributed by atoms with van der Waals surface area (Å²) in [5.41, 5.74) is 1.09. The number of nitrogens with one attached hydrogen (secondary N) is 1. The molecule has 0 spiro atoms. The van der Waals surface area contributed by atoms with Crippen LogP contribution in [-0.2, 0) is 16.6 Å². The van der Waals surface area contributed by atoms with Gasteiger partial charge in [-0.1, -0.05) is 0 Å². The van der Waals surface area contributed by atoms with Crippen molar-refractivity contribution >= 4 is 37.3 Å². The molecule has 4 nitrogen and oxygen atoms in total. The molecule has 0 aliphatic carbocycles. The fourth-order valence-electron chi connectivity index (χ4n) is 1.64. The van der Waals surface area contributed by atoms with Crippen LogP contribution in [0.5, 0.6) is 5.75 Å². The zero-order chi connectivity index (χ0) is 14.8. The Morgan fingerprint density at radius 1 is 1.35 bits per heavy atom. The highest BCUT2D eigenvalue weighted by molar-refractivity contribution is 9.10. The van der Waals surface area contributed by atoms with E-state index in [9.17, 15) is 8.42 Å². The lowest BCUT2D eigenvalue weighted by Gasteiger charge is -2.09. The third-order valence-corrected chi connectivity index (χ3v) is 5.87. The van der Waals surface area contributed by atoms with Gasteiger partial charge in [-0.25, -0.2) is 13.1 Å². The second-order valence-corrected chi connectivity index (χ2v) is 7.77. The topological polar surface area (TPSA) is 55.4 Å². The van der Waals surface area contributed by atoms with Gasteiger partial charge in [0.15, 0.2) is 0 Å². The van der Waals surface area contributed by atoms with Crippen LogP contribution in [-0.4, -0.2) is 15.5 Å². The van der Waals surface area contributed by atoms with Crippen LogP contribution in [0.3, 0.4) is 0 Å². The Morgan fingerprint density at radius 3 is 2.65 bits per heavy atom. The number of hydrogen-bond donors (Lipinski definition) is 1. The first kappa shape index (κ1) is 15.5. The fourth-order valence-corrected chi connectivity index (χ4v) is 4.29. The summed E-state index contributed by atoms with van der Waals surface area (Å²) in [6, 6.07) is 6.64. The minimum atomic E-state index is -3.53. The normalized spacial score (nSPS) is 11.6. The van der Waals surface area contributed by atoms with E-state index in [0.29, 0.717) is 16.8 Å². The number of thiophene rings is 1. The molecule has 1 aromatic carbocycles. The monoisotopic (exact) mass is 375 g/mol. The quantitative estimate of drug-likeness (QED) is 0.871. The van der Waals surface area contributed by atoms with Crippen molar-refractivity contribution < 1.29 is 13.2 Å². The summed E-state index contributed by atoms with van der Waals surface area (Å²) < 4.78 is 32.7. The Balaban J connectivity index is 2.18. The van der Waals surface area contributed by atoms with Crippen LogP contribution in [0.2, 0.25) is 0 Å². The van der Waals surface area contributed by atoms with Crippen molar-refractivity contribution in [3.05, 3.63) is 44.6 Å². The lowest BCUT2D eigenvalue weighted by Crippen LogP contribution is -2.23. The summed E-state index contributed by atoms with van der Waals surface area (Å²) in [6.45, 7) is 2.26. The minimum absolute atomic E-state index is 0.208. The zero-order valence-corrected chi connectivity index (χ0v) is 14.2. The summed E-state index contributed by atoms with van der Waals surface area (Å²) in [7, 11) is -2.00. The first-order valence-corrected chi connectivity index (χ1v) is 8.96. The number of ether oxygens (including phenoxy) is 1. The number of halogens is 1. The maximum absolute atomic E-state index is 12.2. The maximum Gasteiger partial charge on any atom is 0.240 e. The van der Waals surface area contributed by atoms with Gasteiger partial charge in [0, 0.05) is 11.4 Å². The van der Waals surface area contributed by atoms with Crippen LogP contribution < -0.4 is 9.46 Å². The van der Waals surface area contributed by atoms with Crippen molar-refractivity contribution in [3.8, 4) is 5.75 Å². The molecule has 2 aromatic rings. The molecule has 7 heteroatoms. The number of methoxy groups -OCH3 is 1. The third kappa shape index (κ3) is 3.41. The lowest BCUT2D eigenvalue weighted by molar-refractivity contribution is 0.411. The average molecular weight is 376 g/mol. The molecule has 0 saturated heterocycles. The number of aryl methyl sites for hydroxylation is 1. The predicted molar refractivity (Wildman–Crippen MR) is 83.8 cm³/mol. The van der Waals surface area contributed by atoms with Crippen molar-refractivity contribution in [3.63, 3.8) is 0 Å². The van der Waals surface area contributed by atoms with E-state index in [2.05, 4.69) is 20.7 Å². The van der Waals surface area contributed by atoms with E-state index >= 15 is 0 Å². The largest absolute Gasteiger partial charge is 0.496 e. The Labute approximate surface area is 131 Å². The van der Waals surface area contributed by atoms with Gasteiger partial charge in [-0.15, -0.1) is 11.3 Å². The highest BCUT2D eigenvalue weighted by Crippen LogP contribution is 2.27. The molecule has 0 amide bonds. The standard InChI is InChI=1S/C13H14BrNO3S2/c1-9-5-6-19-13(9)8-15-20(16,17)10-3-4-12(18-2)11(14)7-10/h3-7,15H,8H2,1-2H3. The van der Waals surface area contributed by atoms with E-state index in [4.69, 9.17) is 4.74 Å². The molecule has 0 unspecified atom stereocenters. The van der Waals surface area contributed by atoms with Crippen molar-refractivity contribution in [2.24, 2.45) is 0 Å². The molecule has 0 atom stereocenters. The second kappa shape index (κ2) is 6.26. The number of hydrogen-bond acceptors (Lipinski definition) is 4. The van der Waals surface area contributed by atoms with Crippen LogP contribution >= 0.6 is 27.3 Å². The van der Waals surface area contributed by atoms with Gasteiger partial charge in [-0.3, -0.25) is 0 Å². The summed E-state index contributed by atoms with van der Waals surface area (Å²) >= 11 is 4.82. The maximum atomic E-state index is 12.2. The van der Waals surface area contributed by atoms with Crippen LogP contribution in [0.4, 0.5) is 0 Å². The molecule has 0 saturated carbocycles. The van der Waals surface area contributed by atoms with Crippen LogP contribution in [0.1, 0.15) is 10.4 Å². The Hall–Kier alpha value is -0.890. The molecule has 20 heavy (non-hydrogen) atoms. The lowest BCUT2D eigenvalue weighted by atomic mass is 10.3. The third-order valence-electron chi connectivity index (χ3n) is 2.82. The van der Waals surface area contributed by atoms with Crippen LogP contribution in [0.15, 0.2) is 39.0 Å². The molecular weight excluding hydrogens is 362 g/mol. The number of rotatable bonds is 5. The van der Waals surface area contributed by atoms with E-state index < -0.39 is 10.0 Å². The summed E-state index contributed by atoms with van der Waals surface area (Å²) in [5, 5.41) is 1.95. The first-order chi connectivity index (χ1) is 9.44. The van der Waals surface area contributed by atoms with E-state index in [-0.39, 0.29) is 4.90 Å². The first-order valence-electron chi connectivity index (χ1n) is 5.80. The van der Waals surface area contributed by atoms with Gasteiger partial charge in [0.05, 0.1) is 16.5 Å². The highest BCUT2D eigenvalue weighted by Gasteiger charge is 2.16. The van der Waals surface area contributed by atoms with Gasteiger partial charge in [0.1, 0.15) is 5.75 Å². The van der Waals surface area contributed by atoms with Crippen LogP contribution in [0, 0.1) is 6.92 Å². The van der Waals surface area contributed by atoms with E-state index in [0.717, 1.165) is 10.4 Å². The Morgan fingerprint density at radius 2 is 2.10 bits per heavy atom. The van der Waals surface area contributed by atoms with Crippen molar-refractivity contribution in [1.82, 2.24) is 4.72 Å². The molecular formula is C13H14BrNO3S2. The van der Waals surface area contributed by atoms with E-state index in [1.54, 1.807) is 6.07 Å². The fraction of sp³-hybridized carbons (Fsp3) is 0.231. The van der Waals surface area contributed by atoms with Crippen molar-refractivity contribution in [2.45, 2.75) is 18.4 Å². The Kier molecular flexibility index (Phi) is 4.85. The predicted octanol–water partition coefficient (Wildman–Crippen LogP) is 3.31. The van der Waals surface area contributed by atoms with E-state index in [1.165, 1.54) is 30.6 Å². The summed E-state index contributed by atoms with van der Waals surface area (Å²) in [4.78, 5) is 1.22. The van der Waals surface area contributed by atoms with Gasteiger partial charge < -0.3 is 4.74 Å². The molecule has 108 valence electrons. The smallest absolute Gasteiger partial charge is 0.240 e. The molecule has 0 aliphatic rings. The van der Waals surface area contributed by atoms with Gasteiger partial charge in [0.25, 0.3) is 0 Å². The zero-order valence-electron chi connectivity index (χ0n) is 11.0. The molecule has 0 aliphatic heterocycles. The van der Waals surface area contributed by atoms with Gasteiger partial charge in [-0.05, 0) is 58.1 Å². The van der Waals surface area contributed by atoms with E-state index in [1.807, 2.05) is 18.4 Å². The summed E-state index contributed by atoms with van der Waals surface area (Å²) in [5.74, 6) is 0.595. The molecule has 2 rings (SSSR count).